The highest BCUT2D eigenvalue weighted by molar-refractivity contribution is 6.37. The Morgan fingerprint density at radius 2 is 2.06 bits per heavy atom. The molecule has 2 aliphatic carbocycles. The van der Waals surface area contributed by atoms with Crippen LogP contribution in [0.5, 0.6) is 0 Å². The molecule has 0 aromatic carbocycles. The van der Waals surface area contributed by atoms with Gasteiger partial charge in [-0.15, -0.1) is 0 Å². The molecule has 1 saturated carbocycles. The third-order valence-electron chi connectivity index (χ3n) is 6.33. The number of ketones is 1. The first kappa shape index (κ1) is 22.3. The second-order valence-electron chi connectivity index (χ2n) is 9.29. The average Bonchev–Trinajstić information content (AvgIpc) is 3.09. The molecule has 1 atom stereocenters. The molecule has 0 aliphatic heterocycles. The Labute approximate surface area is 193 Å². The van der Waals surface area contributed by atoms with Crippen LogP contribution in [0.3, 0.4) is 0 Å². The Bertz CT molecular complexity index is 1210. The van der Waals surface area contributed by atoms with Crippen LogP contribution < -0.4 is 5.32 Å². The molecule has 32 heavy (non-hydrogen) atoms. The minimum atomic E-state index is -1.33. The maximum Gasteiger partial charge on any atom is 0.199 e. The number of Topliss-reactive ketones (excluding diaryl/α,β-unsaturated/α-hetero) is 1. The number of carbonyl (C=O) groups is 2. The quantitative estimate of drug-likeness (QED) is 0.216. The van der Waals surface area contributed by atoms with Gasteiger partial charge in [0.25, 0.3) is 0 Å². The van der Waals surface area contributed by atoms with Gasteiger partial charge in [-0.3, -0.25) is 9.59 Å². The molecule has 0 radical (unpaired) electrons. The zero-order chi connectivity index (χ0) is 23.3. The maximum absolute atomic E-state index is 12.9. The van der Waals surface area contributed by atoms with E-state index in [1.165, 1.54) is 5.57 Å². The standard InChI is InChI=1S/C25H28ClN3O3/c1-6-20(32-5)18-13-19-17(26)11-12-21(29(19)28-18)27-25(14-30)22(23(25)31)15-7-9-16(10-8-15)24(2,3)4/h6,9,11-14,27H,7-8,10H2,1-5H3. The third-order valence-corrected chi connectivity index (χ3v) is 6.65. The molecule has 2 aliphatic rings. The Kier molecular flexibility index (Phi) is 5.53. The number of ether oxygens (including phenoxy) is 1. The monoisotopic (exact) mass is 453 g/mol. The van der Waals surface area contributed by atoms with Crippen LogP contribution in [0.2, 0.25) is 5.02 Å². The van der Waals surface area contributed by atoms with Gasteiger partial charge in [0, 0.05) is 5.57 Å². The lowest BCUT2D eigenvalue weighted by atomic mass is 9.79. The summed E-state index contributed by atoms with van der Waals surface area (Å²) in [4.78, 5) is 25.1. The van der Waals surface area contributed by atoms with Crippen LogP contribution in [0.4, 0.5) is 5.82 Å². The van der Waals surface area contributed by atoms with Crippen molar-refractivity contribution in [3.8, 4) is 0 Å². The Morgan fingerprint density at radius 3 is 2.62 bits per heavy atom. The van der Waals surface area contributed by atoms with Crippen LogP contribution in [0, 0.1) is 5.41 Å². The highest BCUT2D eigenvalue weighted by Gasteiger charge is 2.62. The summed E-state index contributed by atoms with van der Waals surface area (Å²) in [6, 6.07) is 5.27. The fourth-order valence-electron chi connectivity index (χ4n) is 4.45. The van der Waals surface area contributed by atoms with Crippen molar-refractivity contribution in [2.75, 3.05) is 12.4 Å². The van der Waals surface area contributed by atoms with E-state index in [1.54, 1.807) is 23.8 Å². The highest BCUT2D eigenvalue weighted by Crippen LogP contribution is 2.46. The van der Waals surface area contributed by atoms with Gasteiger partial charge in [-0.25, -0.2) is 4.52 Å². The van der Waals surface area contributed by atoms with Crippen molar-refractivity contribution < 1.29 is 14.3 Å². The van der Waals surface area contributed by atoms with Gasteiger partial charge in [-0.2, -0.15) is 5.10 Å². The topological polar surface area (TPSA) is 72.7 Å². The maximum atomic E-state index is 12.9. The second-order valence-corrected chi connectivity index (χ2v) is 9.70. The molecule has 2 aromatic heterocycles. The van der Waals surface area contributed by atoms with Gasteiger partial charge >= 0.3 is 0 Å². The molecule has 0 spiro atoms. The molecule has 0 saturated heterocycles. The smallest absolute Gasteiger partial charge is 0.199 e. The lowest BCUT2D eigenvalue weighted by Crippen LogP contribution is -2.28. The molecular formula is C25H28ClN3O3. The van der Waals surface area contributed by atoms with E-state index in [0.717, 1.165) is 18.4 Å². The first-order valence-corrected chi connectivity index (χ1v) is 11.1. The summed E-state index contributed by atoms with van der Waals surface area (Å²) in [7, 11) is 1.58. The number of carbonyl (C=O) groups excluding carboxylic acids is 2. The van der Waals surface area contributed by atoms with Crippen molar-refractivity contribution in [3.63, 3.8) is 0 Å². The number of hydrogen-bond donors (Lipinski definition) is 1. The second kappa shape index (κ2) is 7.93. The van der Waals surface area contributed by atoms with E-state index < -0.39 is 5.54 Å². The van der Waals surface area contributed by atoms with Gasteiger partial charge in [0.1, 0.15) is 17.3 Å². The molecule has 1 N–H and O–H groups in total. The molecule has 4 rings (SSSR count). The molecule has 1 fully saturated rings. The van der Waals surface area contributed by atoms with Crippen LogP contribution in [0.25, 0.3) is 11.3 Å². The van der Waals surface area contributed by atoms with E-state index in [1.807, 2.05) is 19.1 Å². The molecule has 0 bridgehead atoms. The highest BCUT2D eigenvalue weighted by atomic mass is 35.5. The summed E-state index contributed by atoms with van der Waals surface area (Å²) in [6.07, 6.45) is 7.12. The Hall–Kier alpha value is -2.86. The van der Waals surface area contributed by atoms with Gasteiger partial charge in [-0.05, 0) is 55.9 Å². The van der Waals surface area contributed by atoms with Crippen molar-refractivity contribution in [1.82, 2.24) is 9.61 Å². The predicted molar refractivity (Wildman–Crippen MR) is 127 cm³/mol. The van der Waals surface area contributed by atoms with Crippen LogP contribution in [0.1, 0.15) is 52.7 Å². The summed E-state index contributed by atoms with van der Waals surface area (Å²) in [5.41, 5.74) is 3.05. The molecule has 2 aromatic rings. The molecule has 6 nitrogen and oxygen atoms in total. The third kappa shape index (κ3) is 3.56. The van der Waals surface area contributed by atoms with Crippen molar-refractivity contribution in [2.24, 2.45) is 5.41 Å². The number of allylic oxidation sites excluding steroid dienone is 4. The number of anilines is 1. The Balaban J connectivity index is 1.71. The summed E-state index contributed by atoms with van der Waals surface area (Å²) in [6.45, 7) is 8.45. The molecular weight excluding hydrogens is 426 g/mol. The van der Waals surface area contributed by atoms with E-state index in [0.29, 0.717) is 46.1 Å². The van der Waals surface area contributed by atoms with Crippen molar-refractivity contribution in [1.29, 1.82) is 0 Å². The largest absolute Gasteiger partial charge is 0.495 e. The number of fused-ring (bicyclic) bond motifs is 1. The SMILES string of the molecule is CC=C(OC)c1cc2c(Cl)ccc(NC3(C=O)C(=O)C3=C3CC=C(C(C)(C)C)CC3)n2n1. The number of methoxy groups -OCH3 is 1. The van der Waals surface area contributed by atoms with Crippen LogP contribution in [-0.4, -0.2) is 34.3 Å². The molecule has 7 heteroatoms. The van der Waals surface area contributed by atoms with Crippen molar-refractivity contribution in [2.45, 2.75) is 52.5 Å². The number of pyridine rings is 1. The van der Waals surface area contributed by atoms with Gasteiger partial charge in [-0.1, -0.05) is 49.6 Å². The molecule has 1 unspecified atom stereocenters. The van der Waals surface area contributed by atoms with E-state index in [4.69, 9.17) is 16.3 Å². The first-order chi connectivity index (χ1) is 15.2. The number of nitrogens with zero attached hydrogens (tertiary/aromatic N) is 2. The summed E-state index contributed by atoms with van der Waals surface area (Å²) < 4.78 is 6.98. The van der Waals surface area contributed by atoms with Crippen molar-refractivity contribution >= 4 is 40.8 Å². The van der Waals surface area contributed by atoms with Crippen LogP contribution in [-0.2, 0) is 14.3 Å². The molecule has 0 amide bonds. The summed E-state index contributed by atoms with van der Waals surface area (Å²) in [5, 5.41) is 8.25. The number of hydrogen-bond acceptors (Lipinski definition) is 5. The number of aromatic nitrogens is 2. The summed E-state index contributed by atoms with van der Waals surface area (Å²) >= 11 is 6.38. The lowest BCUT2D eigenvalue weighted by Gasteiger charge is -2.27. The van der Waals surface area contributed by atoms with Gasteiger partial charge < -0.3 is 10.1 Å². The predicted octanol–water partition coefficient (Wildman–Crippen LogP) is 5.38. The van der Waals surface area contributed by atoms with E-state index in [2.05, 4.69) is 37.3 Å². The fraction of sp³-hybridized carbons (Fsp3) is 0.400. The van der Waals surface area contributed by atoms with E-state index in [-0.39, 0.29) is 11.2 Å². The van der Waals surface area contributed by atoms with Gasteiger partial charge in [0.2, 0.25) is 0 Å². The number of halogens is 1. The van der Waals surface area contributed by atoms with E-state index >= 15 is 0 Å². The number of aldehydes is 1. The number of nitrogens with one attached hydrogen (secondary N) is 1. The lowest BCUT2D eigenvalue weighted by molar-refractivity contribution is -0.115. The van der Waals surface area contributed by atoms with E-state index in [9.17, 15) is 9.59 Å². The molecule has 2 heterocycles. The zero-order valence-corrected chi connectivity index (χ0v) is 19.8. The number of rotatable bonds is 5. The zero-order valence-electron chi connectivity index (χ0n) is 19.1. The van der Waals surface area contributed by atoms with Crippen molar-refractivity contribution in [3.05, 3.63) is 57.8 Å². The molecule has 168 valence electrons. The van der Waals surface area contributed by atoms with Gasteiger partial charge in [0.15, 0.2) is 17.6 Å². The minimum Gasteiger partial charge on any atom is -0.495 e. The van der Waals surface area contributed by atoms with Crippen LogP contribution >= 0.6 is 11.6 Å². The normalized spacial score (nSPS) is 23.9. The minimum absolute atomic E-state index is 0.116. The van der Waals surface area contributed by atoms with Crippen LogP contribution in [0.15, 0.2) is 47.1 Å². The fourth-order valence-corrected chi connectivity index (χ4v) is 4.64. The summed E-state index contributed by atoms with van der Waals surface area (Å²) in [5.74, 6) is 0.950. The van der Waals surface area contributed by atoms with Gasteiger partial charge in [0.05, 0.1) is 17.6 Å². The Morgan fingerprint density at radius 1 is 1.31 bits per heavy atom. The first-order valence-electron chi connectivity index (χ1n) is 10.8. The average molecular weight is 454 g/mol.